The van der Waals surface area contributed by atoms with Crippen LogP contribution in [0.2, 0.25) is 0 Å². The summed E-state index contributed by atoms with van der Waals surface area (Å²) >= 11 is 1.45. The number of carboxylic acids is 1. The first kappa shape index (κ1) is 80.5. The molecular formula is C65H101N17O14S. The lowest BCUT2D eigenvalue weighted by atomic mass is 9.89. The van der Waals surface area contributed by atoms with Crippen LogP contribution in [0.25, 0.3) is 0 Å². The summed E-state index contributed by atoms with van der Waals surface area (Å²) < 4.78 is 0. The number of guanidine groups is 1. The van der Waals surface area contributed by atoms with Crippen LogP contribution in [0.5, 0.6) is 0 Å². The van der Waals surface area contributed by atoms with Crippen LogP contribution in [0.3, 0.4) is 0 Å². The molecular weight excluding hydrogens is 1270 g/mol. The molecule has 0 saturated carbocycles. The fraction of sp³-hybridized carbons (Fsp3) is 0.600. The van der Waals surface area contributed by atoms with Crippen LogP contribution in [0.1, 0.15) is 147 Å². The molecule has 12 atom stereocenters. The van der Waals surface area contributed by atoms with Crippen molar-refractivity contribution < 1.29 is 67.4 Å². The number of carbonyl (C=O) groups excluding carboxylic acids is 12. The number of nitrogens with zero attached hydrogens (tertiary/aromatic N) is 3. The van der Waals surface area contributed by atoms with E-state index in [0.717, 1.165) is 0 Å². The molecule has 0 unspecified atom stereocenters. The summed E-state index contributed by atoms with van der Waals surface area (Å²) in [5.74, 6) is -12.3. The van der Waals surface area contributed by atoms with E-state index in [2.05, 4.69) is 47.5 Å². The number of hydrogen-bond acceptors (Lipinski definition) is 17. The second kappa shape index (κ2) is 41.3. The number of amides is 12. The smallest absolute Gasteiger partial charge is 0.303 e. The van der Waals surface area contributed by atoms with Gasteiger partial charge in [-0.05, 0) is 119 Å². The number of nitrogens with two attached hydrogens (primary N) is 6. The molecule has 536 valence electrons. The van der Waals surface area contributed by atoms with E-state index in [4.69, 9.17) is 34.4 Å². The lowest BCUT2D eigenvalue weighted by molar-refractivity contribution is -0.144. The maximum absolute atomic E-state index is 15.0. The first-order chi connectivity index (χ1) is 46.1. The number of rotatable bonds is 42. The van der Waals surface area contributed by atoms with Gasteiger partial charge in [0.05, 0.1) is 12.6 Å². The van der Waals surface area contributed by atoms with Gasteiger partial charge in [0, 0.05) is 44.3 Å². The first-order valence-electron chi connectivity index (χ1n) is 33.0. The normalized spacial score (nSPS) is 17.4. The second-order valence-electron chi connectivity index (χ2n) is 24.9. The largest absolute Gasteiger partial charge is 0.481 e. The van der Waals surface area contributed by atoms with Crippen LogP contribution in [0, 0.1) is 5.92 Å². The number of carboxylic acid groups (broad SMARTS) is 1. The molecule has 0 radical (unpaired) electrons. The van der Waals surface area contributed by atoms with Crippen molar-refractivity contribution in [2.24, 2.45) is 45.3 Å². The first-order valence-corrected chi connectivity index (χ1v) is 34.4. The molecule has 2 aromatic rings. The van der Waals surface area contributed by atoms with Gasteiger partial charge in [-0.15, -0.1) is 0 Å². The lowest BCUT2D eigenvalue weighted by Crippen LogP contribution is -2.61. The van der Waals surface area contributed by atoms with Crippen molar-refractivity contribution in [3.63, 3.8) is 0 Å². The van der Waals surface area contributed by atoms with E-state index in [1.165, 1.54) is 21.6 Å². The van der Waals surface area contributed by atoms with E-state index in [9.17, 15) is 62.6 Å². The minimum absolute atomic E-state index is 0.0510. The van der Waals surface area contributed by atoms with Crippen LogP contribution < -0.4 is 76.9 Å². The van der Waals surface area contributed by atoms with E-state index in [1.54, 1.807) is 74.5 Å². The number of hydrogen-bond donors (Lipinski definition) is 15. The van der Waals surface area contributed by atoms with E-state index in [1.807, 2.05) is 20.1 Å². The highest BCUT2D eigenvalue weighted by atomic mass is 32.2. The molecule has 2 aliphatic rings. The predicted molar refractivity (Wildman–Crippen MR) is 363 cm³/mol. The van der Waals surface area contributed by atoms with Crippen molar-refractivity contribution >= 4 is 94.6 Å². The van der Waals surface area contributed by atoms with Crippen LogP contribution in [0.4, 0.5) is 0 Å². The predicted octanol–water partition coefficient (Wildman–Crippen LogP) is -1.99. The number of thioether (sulfide) groups is 1. The zero-order valence-electron chi connectivity index (χ0n) is 56.1. The molecule has 2 fully saturated rings. The summed E-state index contributed by atoms with van der Waals surface area (Å²) in [6.45, 7) is 7.06. The number of aliphatic carboxylic acids is 1. The number of benzene rings is 2. The van der Waals surface area contributed by atoms with E-state index in [0.29, 0.717) is 49.0 Å². The topological polar surface area (TPSA) is 513 Å². The third-order valence-electron chi connectivity index (χ3n) is 17.0. The molecule has 32 heteroatoms. The third kappa shape index (κ3) is 26.6. The van der Waals surface area contributed by atoms with Crippen molar-refractivity contribution in [2.45, 2.75) is 196 Å². The van der Waals surface area contributed by atoms with Crippen molar-refractivity contribution in [3.8, 4) is 0 Å². The molecule has 0 aliphatic carbocycles. The van der Waals surface area contributed by atoms with Crippen molar-refractivity contribution in [1.29, 1.82) is 0 Å². The van der Waals surface area contributed by atoms with Crippen molar-refractivity contribution in [1.82, 2.24) is 52.3 Å². The Balaban J connectivity index is 1.60. The maximum Gasteiger partial charge on any atom is 0.303 e. The van der Waals surface area contributed by atoms with Crippen LogP contribution >= 0.6 is 11.8 Å². The number of primary amides is 2. The molecule has 0 spiro atoms. The molecule has 2 aromatic carbocycles. The Labute approximate surface area is 570 Å². The van der Waals surface area contributed by atoms with Crippen LogP contribution in [0.15, 0.2) is 65.7 Å². The van der Waals surface area contributed by atoms with Gasteiger partial charge >= 0.3 is 5.97 Å². The van der Waals surface area contributed by atoms with Crippen LogP contribution in [-0.2, 0) is 62.3 Å². The number of nitrogens with one attached hydrogen (secondary N) is 8. The van der Waals surface area contributed by atoms with Gasteiger partial charge in [-0.25, -0.2) is 0 Å². The van der Waals surface area contributed by atoms with Gasteiger partial charge in [0.15, 0.2) is 5.96 Å². The average molecular weight is 1380 g/mol. The number of unbranched alkanes of at least 4 members (excludes halogenated alkanes) is 1. The van der Waals surface area contributed by atoms with E-state index < -0.39 is 181 Å². The second-order valence-corrected chi connectivity index (χ2v) is 25.9. The van der Waals surface area contributed by atoms with Crippen molar-refractivity contribution in [3.05, 3.63) is 71.8 Å². The summed E-state index contributed by atoms with van der Waals surface area (Å²) in [6.07, 6.45) is 2.87. The zero-order chi connectivity index (χ0) is 71.9. The fourth-order valence-electron chi connectivity index (χ4n) is 11.6. The Morgan fingerprint density at radius 2 is 1.07 bits per heavy atom. The monoisotopic (exact) mass is 1380 g/mol. The Morgan fingerprint density at radius 3 is 1.60 bits per heavy atom. The molecule has 31 nitrogen and oxygen atoms in total. The Morgan fingerprint density at radius 1 is 0.567 bits per heavy atom. The Kier molecular flexibility index (Phi) is 34.2. The SMILES string of the molecule is CSCC[C@H](NC(=O)[C@H](CC(C)C)NC(=O)CNC(=O)[C@@H](NC(=O)[C@@H](NC(=O)[C@H](CCC(N)=O)NC(=O)[C@H](CCC(=O)O)NC(=O)[C@@H]1CCCN1C(=O)[C@H](CCCCN)NC(=O)[C@@H]1CCCN1C(=O)[C@@H](N)CCCN=C(N)N)[C@@H](C)c1ccccc1)[C@@H](C)c1ccccc1)C(N)=O. The van der Waals surface area contributed by atoms with Gasteiger partial charge in [0.2, 0.25) is 70.9 Å². The Hall–Kier alpha value is -8.91. The van der Waals surface area contributed by atoms with Gasteiger partial charge in [0.25, 0.3) is 0 Å². The maximum atomic E-state index is 15.0. The molecule has 0 aromatic heterocycles. The highest BCUT2D eigenvalue weighted by Gasteiger charge is 2.43. The minimum atomic E-state index is -1.69. The number of aliphatic imine (C=N–C) groups is 1. The lowest BCUT2D eigenvalue weighted by Gasteiger charge is -2.32. The summed E-state index contributed by atoms with van der Waals surface area (Å²) in [5.41, 5.74) is 35.1. The minimum Gasteiger partial charge on any atom is -0.481 e. The summed E-state index contributed by atoms with van der Waals surface area (Å²) in [6, 6.07) is 4.23. The summed E-state index contributed by atoms with van der Waals surface area (Å²) in [7, 11) is 0. The molecule has 12 amide bonds. The molecule has 2 aliphatic heterocycles. The molecule has 21 N–H and O–H groups in total. The molecule has 2 heterocycles. The zero-order valence-corrected chi connectivity index (χ0v) is 56.9. The van der Waals surface area contributed by atoms with Crippen molar-refractivity contribution in [2.75, 3.05) is 44.7 Å². The highest BCUT2D eigenvalue weighted by Crippen LogP contribution is 2.26. The molecule has 2 saturated heterocycles. The van der Waals surface area contributed by atoms with Gasteiger partial charge in [-0.3, -0.25) is 67.3 Å². The van der Waals surface area contributed by atoms with Gasteiger partial charge in [0.1, 0.15) is 54.4 Å². The van der Waals surface area contributed by atoms with Gasteiger partial charge in [-0.1, -0.05) is 88.4 Å². The fourth-order valence-corrected chi connectivity index (χ4v) is 12.0. The Bertz CT molecular complexity index is 3040. The molecule has 0 bridgehead atoms. The highest BCUT2D eigenvalue weighted by molar-refractivity contribution is 7.98. The summed E-state index contributed by atoms with van der Waals surface area (Å²) in [5, 5.41) is 31.0. The molecule has 97 heavy (non-hydrogen) atoms. The van der Waals surface area contributed by atoms with E-state index in [-0.39, 0.29) is 76.6 Å². The van der Waals surface area contributed by atoms with Gasteiger partial charge in [-0.2, -0.15) is 11.8 Å². The number of carbonyl (C=O) groups is 13. The molecule has 4 rings (SSSR count). The quantitative estimate of drug-likeness (QED) is 0.0194. The van der Waals surface area contributed by atoms with E-state index >= 15 is 4.79 Å². The van der Waals surface area contributed by atoms with Crippen LogP contribution in [-0.4, -0.2) is 203 Å². The number of likely N-dealkylation sites (tertiary alicyclic amines) is 2. The van der Waals surface area contributed by atoms with Gasteiger partial charge < -0.3 is 91.8 Å². The standard InChI is InChI=1S/C65H101N17O14S/c1-37(2)35-47(58(90)75-43(55(69)87)29-34-97-5)74-51(84)36-73-61(93)53(38(3)40-17-8-6-9-18-40)80-62(94)54(39(4)41-19-10-7-11-20-41)79-57(89)44(25-27-50(68)83)76-56(88)45(26-28-52(85)86)77-59(91)49-24-16-33-82(49)64(96)46(22-12-13-30-66)78-60(92)48-23-15-32-81(48)63(95)42(67)21-14-31-72-65(70)71/h6-11,17-20,37-39,42-49,53-54H,12-16,21-36,66-67H2,1-5H3,(H2,68,83)(H2,69,87)(H,73,93)(H,74,84)(H,75,90)(H,76,88)(H,77,91)(H,78,92)(H,79,89)(H,80,94)(H,85,86)(H4,70,71,72)/t38-,39-,42-,43-,44-,45-,46-,47-,48-,49-,53-,54-/m0/s1. The average Bonchev–Trinajstić information content (AvgIpc) is 1.82. The summed E-state index contributed by atoms with van der Waals surface area (Å²) in [4.78, 5) is 186. The third-order valence-corrected chi connectivity index (χ3v) is 17.6.